The zero-order valence-corrected chi connectivity index (χ0v) is 11.6. The molecule has 1 aromatic carbocycles. The standard InChI is InChI=1S/C13H11N3O4S/c17-12(18)8-5-4-7(6-10(8)16(19)20)14-13-15-9-2-1-3-11(9)21-13/h4-6H,1-3H2,(H,14,15)(H,17,18). The van der Waals surface area contributed by atoms with Crippen molar-refractivity contribution in [3.8, 4) is 0 Å². The number of nitro groups is 1. The number of thiazole rings is 1. The molecular weight excluding hydrogens is 294 g/mol. The summed E-state index contributed by atoms with van der Waals surface area (Å²) in [4.78, 5) is 26.9. The van der Waals surface area contributed by atoms with E-state index < -0.39 is 16.6 Å². The minimum atomic E-state index is -1.32. The Balaban J connectivity index is 1.90. The Bertz CT molecular complexity index is 720. The summed E-state index contributed by atoms with van der Waals surface area (Å²) in [6, 6.07) is 3.95. The number of benzene rings is 1. The van der Waals surface area contributed by atoms with Gasteiger partial charge < -0.3 is 10.4 Å². The van der Waals surface area contributed by atoms with Gasteiger partial charge in [0.05, 0.1) is 10.6 Å². The van der Waals surface area contributed by atoms with Crippen molar-refractivity contribution >= 4 is 33.8 Å². The van der Waals surface area contributed by atoms with Crippen LogP contribution >= 0.6 is 11.3 Å². The lowest BCUT2D eigenvalue weighted by molar-refractivity contribution is -0.385. The van der Waals surface area contributed by atoms with Crippen LogP contribution in [0.4, 0.5) is 16.5 Å². The van der Waals surface area contributed by atoms with E-state index in [1.165, 1.54) is 34.4 Å². The van der Waals surface area contributed by atoms with E-state index in [1.807, 2.05) is 0 Å². The average Bonchev–Trinajstić information content (AvgIpc) is 2.99. The van der Waals surface area contributed by atoms with Gasteiger partial charge in [0, 0.05) is 16.6 Å². The van der Waals surface area contributed by atoms with Gasteiger partial charge in [-0.05, 0) is 31.4 Å². The summed E-state index contributed by atoms with van der Waals surface area (Å²) in [5.41, 5.74) is 0.780. The number of nitro benzene ring substituents is 1. The van der Waals surface area contributed by atoms with Crippen LogP contribution in [0, 0.1) is 10.1 Å². The summed E-state index contributed by atoms with van der Waals surface area (Å²) in [6.45, 7) is 0. The maximum absolute atomic E-state index is 11.0. The molecule has 0 saturated heterocycles. The highest BCUT2D eigenvalue weighted by molar-refractivity contribution is 7.15. The number of aryl methyl sites for hydroxylation is 2. The van der Waals surface area contributed by atoms with E-state index in [-0.39, 0.29) is 5.56 Å². The molecule has 1 heterocycles. The van der Waals surface area contributed by atoms with Gasteiger partial charge in [-0.3, -0.25) is 10.1 Å². The largest absolute Gasteiger partial charge is 0.477 e. The Labute approximate surface area is 123 Å². The topological polar surface area (TPSA) is 105 Å². The SMILES string of the molecule is O=C(O)c1ccc(Nc2nc3c(s2)CCC3)cc1[N+](=O)[O-]. The van der Waals surface area contributed by atoms with Crippen molar-refractivity contribution in [1.29, 1.82) is 0 Å². The smallest absolute Gasteiger partial charge is 0.342 e. The minimum Gasteiger partial charge on any atom is -0.477 e. The van der Waals surface area contributed by atoms with Gasteiger partial charge in [0.25, 0.3) is 5.69 Å². The molecule has 0 radical (unpaired) electrons. The van der Waals surface area contributed by atoms with Gasteiger partial charge in [-0.1, -0.05) is 0 Å². The quantitative estimate of drug-likeness (QED) is 0.664. The number of nitrogens with zero attached hydrogens (tertiary/aromatic N) is 2. The summed E-state index contributed by atoms with van der Waals surface area (Å²) >= 11 is 1.53. The summed E-state index contributed by atoms with van der Waals surface area (Å²) in [5.74, 6) is -1.32. The Morgan fingerprint density at radius 2 is 2.24 bits per heavy atom. The van der Waals surface area contributed by atoms with E-state index in [4.69, 9.17) is 5.11 Å². The van der Waals surface area contributed by atoms with Crippen LogP contribution in [0.25, 0.3) is 0 Å². The van der Waals surface area contributed by atoms with E-state index in [2.05, 4.69) is 10.3 Å². The van der Waals surface area contributed by atoms with Crippen LogP contribution in [0.3, 0.4) is 0 Å². The van der Waals surface area contributed by atoms with Crippen LogP contribution in [0.2, 0.25) is 0 Å². The maximum atomic E-state index is 11.0. The monoisotopic (exact) mass is 305 g/mol. The van der Waals surface area contributed by atoms with Crippen molar-refractivity contribution in [1.82, 2.24) is 4.98 Å². The first kappa shape index (κ1) is 13.5. The molecule has 1 aromatic heterocycles. The normalized spacial score (nSPS) is 13.0. The number of aromatic carboxylic acids is 1. The maximum Gasteiger partial charge on any atom is 0.342 e. The molecule has 0 aliphatic heterocycles. The molecule has 2 aromatic rings. The second kappa shape index (κ2) is 5.13. The van der Waals surface area contributed by atoms with Crippen molar-refractivity contribution in [3.63, 3.8) is 0 Å². The lowest BCUT2D eigenvalue weighted by atomic mass is 10.1. The molecule has 0 amide bonds. The number of rotatable bonds is 4. The molecule has 0 saturated carbocycles. The number of hydrogen-bond donors (Lipinski definition) is 2. The Kier molecular flexibility index (Phi) is 3.30. The van der Waals surface area contributed by atoms with Crippen molar-refractivity contribution in [2.75, 3.05) is 5.32 Å². The number of fused-ring (bicyclic) bond motifs is 1. The Morgan fingerprint density at radius 3 is 2.90 bits per heavy atom. The first-order valence-corrected chi connectivity index (χ1v) is 7.13. The molecule has 8 heteroatoms. The molecule has 1 aliphatic carbocycles. The fourth-order valence-electron chi connectivity index (χ4n) is 2.31. The number of hydrogen-bond acceptors (Lipinski definition) is 6. The van der Waals surface area contributed by atoms with Gasteiger partial charge in [-0.2, -0.15) is 0 Å². The van der Waals surface area contributed by atoms with E-state index in [9.17, 15) is 14.9 Å². The number of carboxylic acid groups (broad SMARTS) is 1. The second-order valence-corrected chi connectivity index (χ2v) is 5.75. The lowest BCUT2D eigenvalue weighted by Crippen LogP contribution is -2.03. The number of carboxylic acids is 1. The third kappa shape index (κ3) is 2.57. The van der Waals surface area contributed by atoms with E-state index >= 15 is 0 Å². The van der Waals surface area contributed by atoms with Gasteiger partial charge in [-0.25, -0.2) is 9.78 Å². The fourth-order valence-corrected chi connectivity index (χ4v) is 3.38. The highest BCUT2D eigenvalue weighted by Gasteiger charge is 2.21. The molecule has 0 spiro atoms. The Hall–Kier alpha value is -2.48. The molecule has 0 atom stereocenters. The van der Waals surface area contributed by atoms with Crippen LogP contribution in [0.5, 0.6) is 0 Å². The summed E-state index contributed by atoms with van der Waals surface area (Å²) in [5, 5.41) is 23.6. The molecule has 3 rings (SSSR count). The van der Waals surface area contributed by atoms with Crippen LogP contribution < -0.4 is 5.32 Å². The molecule has 7 nitrogen and oxygen atoms in total. The van der Waals surface area contributed by atoms with Gasteiger partial charge in [0.15, 0.2) is 5.13 Å². The van der Waals surface area contributed by atoms with Crippen molar-refractivity contribution < 1.29 is 14.8 Å². The molecule has 21 heavy (non-hydrogen) atoms. The highest BCUT2D eigenvalue weighted by atomic mass is 32.1. The third-order valence-corrected chi connectivity index (χ3v) is 4.34. The van der Waals surface area contributed by atoms with Gasteiger partial charge in [0.1, 0.15) is 5.56 Å². The predicted octanol–water partition coefficient (Wildman–Crippen LogP) is 2.98. The van der Waals surface area contributed by atoms with E-state index in [0.29, 0.717) is 10.8 Å². The summed E-state index contributed by atoms with van der Waals surface area (Å²) < 4.78 is 0. The molecule has 108 valence electrons. The van der Waals surface area contributed by atoms with Crippen molar-refractivity contribution in [2.24, 2.45) is 0 Å². The molecule has 0 fully saturated rings. The molecular formula is C13H11N3O4S. The van der Waals surface area contributed by atoms with Crippen molar-refractivity contribution in [3.05, 3.63) is 44.4 Å². The number of nitrogens with one attached hydrogen (secondary N) is 1. The first-order chi connectivity index (χ1) is 10.0. The number of carbonyl (C=O) groups is 1. The zero-order valence-electron chi connectivity index (χ0n) is 10.8. The molecule has 2 N–H and O–H groups in total. The first-order valence-electron chi connectivity index (χ1n) is 6.32. The predicted molar refractivity (Wildman–Crippen MR) is 77.5 cm³/mol. The van der Waals surface area contributed by atoms with E-state index in [0.717, 1.165) is 25.0 Å². The van der Waals surface area contributed by atoms with Crippen LogP contribution in [0.1, 0.15) is 27.3 Å². The number of aromatic nitrogens is 1. The molecule has 0 bridgehead atoms. The summed E-state index contributed by atoms with van der Waals surface area (Å²) in [6.07, 6.45) is 3.10. The van der Waals surface area contributed by atoms with Crippen molar-refractivity contribution in [2.45, 2.75) is 19.3 Å². The zero-order chi connectivity index (χ0) is 15.0. The number of anilines is 2. The second-order valence-electron chi connectivity index (χ2n) is 4.66. The van der Waals surface area contributed by atoms with E-state index in [1.54, 1.807) is 0 Å². The fraction of sp³-hybridized carbons (Fsp3) is 0.231. The van der Waals surface area contributed by atoms with Crippen LogP contribution in [-0.2, 0) is 12.8 Å². The third-order valence-electron chi connectivity index (χ3n) is 3.27. The van der Waals surface area contributed by atoms with Crippen LogP contribution in [-0.4, -0.2) is 21.0 Å². The van der Waals surface area contributed by atoms with Gasteiger partial charge in [0.2, 0.25) is 0 Å². The average molecular weight is 305 g/mol. The lowest BCUT2D eigenvalue weighted by Gasteiger charge is -2.04. The summed E-state index contributed by atoms with van der Waals surface area (Å²) in [7, 11) is 0. The Morgan fingerprint density at radius 1 is 1.43 bits per heavy atom. The highest BCUT2D eigenvalue weighted by Crippen LogP contribution is 2.33. The van der Waals surface area contributed by atoms with Crippen LogP contribution in [0.15, 0.2) is 18.2 Å². The molecule has 0 unspecified atom stereocenters. The molecule has 1 aliphatic rings. The van der Waals surface area contributed by atoms with Gasteiger partial charge in [-0.15, -0.1) is 11.3 Å². The minimum absolute atomic E-state index is 0.327. The van der Waals surface area contributed by atoms with Gasteiger partial charge >= 0.3 is 5.97 Å².